The monoisotopic (exact) mass is 127 g/mol. The van der Waals surface area contributed by atoms with E-state index < -0.39 is 0 Å². The number of fused-ring (bicyclic) bond motifs is 2. The van der Waals surface area contributed by atoms with E-state index >= 15 is 0 Å². The topological polar surface area (TPSA) is 32.3 Å². The number of hydrogen-bond acceptors (Lipinski definition) is 2. The molecule has 0 saturated carbocycles. The van der Waals surface area contributed by atoms with Crippen LogP contribution >= 0.6 is 0 Å². The molecule has 2 rings (SSSR count). The lowest BCUT2D eigenvalue weighted by molar-refractivity contribution is 0.203. The van der Waals surface area contributed by atoms with Crippen molar-refractivity contribution in [3.05, 3.63) is 0 Å². The Bertz CT molecular complexity index is 115. The van der Waals surface area contributed by atoms with Gasteiger partial charge in [0.25, 0.3) is 0 Å². The van der Waals surface area contributed by atoms with Crippen molar-refractivity contribution in [1.29, 1.82) is 0 Å². The van der Waals surface area contributed by atoms with Gasteiger partial charge < -0.3 is 10.4 Å². The van der Waals surface area contributed by atoms with Crippen LogP contribution in [0, 0.1) is 5.92 Å². The minimum atomic E-state index is 0.383. The van der Waals surface area contributed by atoms with Gasteiger partial charge in [-0.1, -0.05) is 0 Å². The van der Waals surface area contributed by atoms with Gasteiger partial charge in [-0.15, -0.1) is 0 Å². The summed E-state index contributed by atoms with van der Waals surface area (Å²) in [5, 5.41) is 12.3. The van der Waals surface area contributed by atoms with Crippen LogP contribution in [0.15, 0.2) is 0 Å². The molecule has 3 atom stereocenters. The van der Waals surface area contributed by atoms with Crippen molar-refractivity contribution in [1.82, 2.24) is 5.32 Å². The number of aliphatic hydroxyl groups excluding tert-OH is 1. The quantitative estimate of drug-likeness (QED) is 0.524. The number of nitrogens with one attached hydrogen (secondary N) is 1. The lowest BCUT2D eigenvalue weighted by Gasteiger charge is -2.16. The van der Waals surface area contributed by atoms with Crippen molar-refractivity contribution in [3.63, 3.8) is 0 Å². The molecule has 0 spiro atoms. The summed E-state index contributed by atoms with van der Waals surface area (Å²) in [6.07, 6.45) is 3.83. The minimum absolute atomic E-state index is 0.383. The maximum atomic E-state index is 8.85. The number of aliphatic hydroxyl groups is 1. The molecular formula is C7H13NO. The standard InChI is InChI=1S/C7H13NO/c9-4-5-3-6-1-2-7(5)8-6/h5-9H,1-4H2/t5-,6+,7-/m1/s1. The third kappa shape index (κ3) is 0.775. The van der Waals surface area contributed by atoms with E-state index in [0.717, 1.165) is 6.04 Å². The molecular weight excluding hydrogens is 114 g/mol. The summed E-state index contributed by atoms with van der Waals surface area (Å²) in [7, 11) is 0. The van der Waals surface area contributed by atoms with E-state index in [1.165, 1.54) is 19.3 Å². The van der Waals surface area contributed by atoms with Crippen LogP contribution < -0.4 is 5.32 Å². The molecule has 9 heavy (non-hydrogen) atoms. The average molecular weight is 127 g/mol. The van der Waals surface area contributed by atoms with Crippen molar-refractivity contribution < 1.29 is 5.11 Å². The van der Waals surface area contributed by atoms with E-state index in [-0.39, 0.29) is 0 Å². The average Bonchev–Trinajstić information content (AvgIpc) is 2.45. The Kier molecular flexibility index (Phi) is 1.24. The van der Waals surface area contributed by atoms with Gasteiger partial charge in [-0.05, 0) is 25.2 Å². The lowest BCUT2D eigenvalue weighted by atomic mass is 9.90. The molecule has 2 N–H and O–H groups in total. The highest BCUT2D eigenvalue weighted by Gasteiger charge is 2.38. The van der Waals surface area contributed by atoms with Crippen molar-refractivity contribution in [2.24, 2.45) is 5.92 Å². The van der Waals surface area contributed by atoms with Gasteiger partial charge in [0.1, 0.15) is 0 Å². The van der Waals surface area contributed by atoms with E-state index in [4.69, 9.17) is 5.11 Å². The minimum Gasteiger partial charge on any atom is -0.396 e. The second-order valence-electron chi connectivity index (χ2n) is 3.23. The zero-order chi connectivity index (χ0) is 6.27. The summed E-state index contributed by atoms with van der Waals surface area (Å²) >= 11 is 0. The predicted octanol–water partition coefficient (Wildman–Crippen LogP) is 0.119. The molecule has 2 aliphatic rings. The Hall–Kier alpha value is -0.0800. The van der Waals surface area contributed by atoms with Crippen molar-refractivity contribution in [2.45, 2.75) is 31.3 Å². The highest BCUT2D eigenvalue weighted by atomic mass is 16.3. The molecule has 0 aromatic rings. The Morgan fingerprint density at radius 3 is 2.67 bits per heavy atom. The van der Waals surface area contributed by atoms with Crippen molar-refractivity contribution in [3.8, 4) is 0 Å². The van der Waals surface area contributed by atoms with Crippen LogP contribution in [0.25, 0.3) is 0 Å². The zero-order valence-corrected chi connectivity index (χ0v) is 5.51. The molecule has 0 aromatic carbocycles. The Morgan fingerprint density at radius 2 is 2.33 bits per heavy atom. The zero-order valence-electron chi connectivity index (χ0n) is 5.51. The SMILES string of the molecule is OC[C@H]1C[C@@H]2CC[C@H]1N2. The maximum Gasteiger partial charge on any atom is 0.0474 e. The van der Waals surface area contributed by atoms with Crippen LogP contribution in [-0.2, 0) is 0 Å². The Labute approximate surface area is 55.3 Å². The van der Waals surface area contributed by atoms with Gasteiger partial charge in [-0.2, -0.15) is 0 Å². The van der Waals surface area contributed by atoms with E-state index in [0.29, 0.717) is 18.6 Å². The molecule has 2 saturated heterocycles. The predicted molar refractivity (Wildman–Crippen MR) is 35.1 cm³/mol. The highest BCUT2D eigenvalue weighted by molar-refractivity contribution is 4.96. The molecule has 2 aliphatic heterocycles. The summed E-state index contributed by atoms with van der Waals surface area (Å²) in [6, 6.07) is 1.40. The fourth-order valence-electron chi connectivity index (χ4n) is 2.14. The molecule has 0 unspecified atom stereocenters. The second kappa shape index (κ2) is 1.96. The van der Waals surface area contributed by atoms with Crippen LogP contribution in [0.5, 0.6) is 0 Å². The van der Waals surface area contributed by atoms with Gasteiger partial charge in [0, 0.05) is 18.7 Å². The van der Waals surface area contributed by atoms with Gasteiger partial charge in [0.15, 0.2) is 0 Å². The molecule has 52 valence electrons. The Morgan fingerprint density at radius 1 is 1.44 bits per heavy atom. The molecule has 2 heterocycles. The first-order valence-electron chi connectivity index (χ1n) is 3.77. The van der Waals surface area contributed by atoms with Crippen molar-refractivity contribution >= 4 is 0 Å². The first-order valence-corrected chi connectivity index (χ1v) is 3.77. The van der Waals surface area contributed by atoms with Gasteiger partial charge in [0.05, 0.1) is 0 Å². The smallest absolute Gasteiger partial charge is 0.0474 e. The molecule has 0 amide bonds. The summed E-state index contributed by atoms with van der Waals surface area (Å²) in [4.78, 5) is 0. The fraction of sp³-hybridized carbons (Fsp3) is 1.00. The Balaban J connectivity index is 2.01. The molecule has 0 radical (unpaired) electrons. The first-order chi connectivity index (χ1) is 4.40. The fourth-order valence-corrected chi connectivity index (χ4v) is 2.14. The molecule has 0 aliphatic carbocycles. The largest absolute Gasteiger partial charge is 0.396 e. The van der Waals surface area contributed by atoms with Crippen LogP contribution in [0.3, 0.4) is 0 Å². The summed E-state index contributed by atoms with van der Waals surface area (Å²) < 4.78 is 0. The van der Waals surface area contributed by atoms with Gasteiger partial charge in [0.2, 0.25) is 0 Å². The molecule has 2 fully saturated rings. The molecule has 2 nitrogen and oxygen atoms in total. The third-order valence-electron chi connectivity index (χ3n) is 2.67. The normalized spacial score (nSPS) is 48.3. The summed E-state index contributed by atoms with van der Waals surface area (Å²) in [6.45, 7) is 0.383. The van der Waals surface area contributed by atoms with Gasteiger partial charge in [-0.25, -0.2) is 0 Å². The first kappa shape index (κ1) is 5.69. The highest BCUT2D eigenvalue weighted by Crippen LogP contribution is 2.32. The van der Waals surface area contributed by atoms with Gasteiger partial charge in [-0.3, -0.25) is 0 Å². The number of hydrogen-bond donors (Lipinski definition) is 2. The van der Waals surface area contributed by atoms with E-state index in [9.17, 15) is 0 Å². The number of rotatable bonds is 1. The van der Waals surface area contributed by atoms with Gasteiger partial charge >= 0.3 is 0 Å². The molecule has 2 bridgehead atoms. The van der Waals surface area contributed by atoms with Crippen LogP contribution in [0.1, 0.15) is 19.3 Å². The molecule has 2 heteroatoms. The summed E-state index contributed by atoms with van der Waals surface area (Å²) in [5.74, 6) is 0.573. The van der Waals surface area contributed by atoms with Crippen LogP contribution in [-0.4, -0.2) is 23.8 Å². The second-order valence-corrected chi connectivity index (χ2v) is 3.23. The van der Waals surface area contributed by atoms with E-state index in [1.54, 1.807) is 0 Å². The molecule has 0 aromatic heterocycles. The van der Waals surface area contributed by atoms with Crippen LogP contribution in [0.4, 0.5) is 0 Å². The lowest BCUT2D eigenvalue weighted by Crippen LogP contribution is -2.24. The van der Waals surface area contributed by atoms with E-state index in [2.05, 4.69) is 5.32 Å². The van der Waals surface area contributed by atoms with Crippen molar-refractivity contribution in [2.75, 3.05) is 6.61 Å². The maximum absolute atomic E-state index is 8.85. The van der Waals surface area contributed by atoms with Crippen LogP contribution in [0.2, 0.25) is 0 Å². The van der Waals surface area contributed by atoms with E-state index in [1.807, 2.05) is 0 Å². The third-order valence-corrected chi connectivity index (χ3v) is 2.67. The summed E-state index contributed by atoms with van der Waals surface area (Å²) in [5.41, 5.74) is 0.